The highest BCUT2D eigenvalue weighted by Gasteiger charge is 2.46. The molecular formula is C24H42F3N5. The van der Waals surface area contributed by atoms with Gasteiger partial charge in [0.05, 0.1) is 12.3 Å². The molecule has 5 atom stereocenters. The summed E-state index contributed by atoms with van der Waals surface area (Å²) in [5.74, 6) is -2.20. The van der Waals surface area contributed by atoms with E-state index in [1.165, 1.54) is 0 Å². The lowest BCUT2D eigenvalue weighted by Crippen LogP contribution is -2.69. The highest BCUT2D eigenvalue weighted by molar-refractivity contribution is 5.03. The van der Waals surface area contributed by atoms with Gasteiger partial charge >= 0.3 is 0 Å². The van der Waals surface area contributed by atoms with Crippen molar-refractivity contribution >= 4 is 0 Å². The number of rotatable bonds is 6. The van der Waals surface area contributed by atoms with E-state index in [-0.39, 0.29) is 12.3 Å². The van der Waals surface area contributed by atoms with Gasteiger partial charge in [-0.1, -0.05) is 6.58 Å². The zero-order chi connectivity index (χ0) is 23.0. The first kappa shape index (κ1) is 24.3. The van der Waals surface area contributed by atoms with Crippen LogP contribution in [0, 0.1) is 17.8 Å². The summed E-state index contributed by atoms with van der Waals surface area (Å²) in [7, 11) is 4.09. The van der Waals surface area contributed by atoms with Gasteiger partial charge in [0.1, 0.15) is 0 Å². The Hall–Kier alpha value is -0.830. The second kappa shape index (κ2) is 9.80. The first-order chi connectivity index (χ1) is 15.1. The Kier molecular flexibility index (Phi) is 7.45. The molecule has 32 heavy (non-hydrogen) atoms. The molecule has 0 aromatic heterocycles. The molecule has 184 valence electrons. The molecule has 1 saturated carbocycles. The largest absolute Gasteiger partial charge is 0.378 e. The van der Waals surface area contributed by atoms with Crippen LogP contribution < -0.4 is 10.6 Å². The summed E-state index contributed by atoms with van der Waals surface area (Å²) in [6.07, 6.45) is 4.23. The molecule has 0 radical (unpaired) electrons. The van der Waals surface area contributed by atoms with Crippen molar-refractivity contribution in [1.82, 2.24) is 25.3 Å². The Balaban J connectivity index is 1.35. The topological polar surface area (TPSA) is 33.8 Å². The van der Waals surface area contributed by atoms with Crippen molar-refractivity contribution in [2.45, 2.75) is 82.3 Å². The van der Waals surface area contributed by atoms with Crippen LogP contribution in [0.2, 0.25) is 0 Å². The van der Waals surface area contributed by atoms with Gasteiger partial charge in [-0.05, 0) is 70.8 Å². The Labute approximate surface area is 191 Å². The molecule has 3 aliphatic heterocycles. The van der Waals surface area contributed by atoms with Gasteiger partial charge < -0.3 is 4.90 Å². The lowest BCUT2D eigenvalue weighted by atomic mass is 9.75. The van der Waals surface area contributed by atoms with Crippen molar-refractivity contribution < 1.29 is 13.2 Å². The van der Waals surface area contributed by atoms with E-state index in [2.05, 4.69) is 39.0 Å². The molecule has 8 heteroatoms. The fourth-order valence-corrected chi connectivity index (χ4v) is 6.76. The Morgan fingerprint density at radius 3 is 2.50 bits per heavy atom. The summed E-state index contributed by atoms with van der Waals surface area (Å²) in [6.45, 7) is 8.45. The molecule has 0 spiro atoms. The highest BCUT2D eigenvalue weighted by Crippen LogP contribution is 2.42. The second-order valence-electron chi connectivity index (χ2n) is 10.9. The summed E-state index contributed by atoms with van der Waals surface area (Å²) in [6, 6.07) is 0.299. The van der Waals surface area contributed by atoms with Gasteiger partial charge in [-0.25, -0.2) is 13.2 Å². The van der Waals surface area contributed by atoms with Crippen LogP contribution in [0.3, 0.4) is 0 Å². The molecule has 1 aliphatic carbocycles. The number of hydrogen-bond donors (Lipinski definition) is 2. The molecule has 0 aromatic carbocycles. The lowest BCUT2D eigenvalue weighted by Gasteiger charge is -2.47. The fourth-order valence-electron chi connectivity index (χ4n) is 6.76. The molecule has 3 heterocycles. The predicted octanol–water partition coefficient (Wildman–Crippen LogP) is 3.45. The van der Waals surface area contributed by atoms with Crippen molar-refractivity contribution in [3.8, 4) is 0 Å². The summed E-state index contributed by atoms with van der Waals surface area (Å²) in [5.41, 5.74) is 1.16. The minimum Gasteiger partial charge on any atom is -0.378 e. The van der Waals surface area contributed by atoms with Crippen LogP contribution in [0.25, 0.3) is 0 Å². The number of nitrogens with one attached hydrogen (secondary N) is 2. The zero-order valence-corrected chi connectivity index (χ0v) is 20.0. The minimum absolute atomic E-state index is 0.299. The molecule has 4 rings (SSSR count). The zero-order valence-electron chi connectivity index (χ0n) is 20.0. The fraction of sp³-hybridized carbons (Fsp3) is 0.917. The molecule has 4 aliphatic rings. The van der Waals surface area contributed by atoms with Gasteiger partial charge in [-0.2, -0.15) is 0 Å². The monoisotopic (exact) mass is 457 g/mol. The highest BCUT2D eigenvalue weighted by atomic mass is 19.3. The SMILES string of the molecule is C=C1CC(CN(C)C2NCNC(N3CCCC3C3CCC(C(C)(F)F)CC3)C2F)CN1C. The van der Waals surface area contributed by atoms with Gasteiger partial charge in [0.2, 0.25) is 5.92 Å². The molecule has 0 bridgehead atoms. The van der Waals surface area contributed by atoms with E-state index in [0.29, 0.717) is 37.4 Å². The third-order valence-corrected chi connectivity index (χ3v) is 8.58. The van der Waals surface area contributed by atoms with Crippen molar-refractivity contribution in [1.29, 1.82) is 0 Å². The molecule has 5 unspecified atom stereocenters. The van der Waals surface area contributed by atoms with E-state index < -0.39 is 18.0 Å². The summed E-state index contributed by atoms with van der Waals surface area (Å²) in [5, 5.41) is 6.71. The van der Waals surface area contributed by atoms with Crippen molar-refractivity contribution in [2.75, 3.05) is 40.4 Å². The van der Waals surface area contributed by atoms with E-state index in [1.807, 2.05) is 7.05 Å². The Morgan fingerprint density at radius 1 is 1.16 bits per heavy atom. The number of hydrogen-bond acceptors (Lipinski definition) is 5. The number of likely N-dealkylation sites (tertiary alicyclic amines) is 2. The van der Waals surface area contributed by atoms with Crippen molar-refractivity contribution in [3.63, 3.8) is 0 Å². The third kappa shape index (κ3) is 5.13. The second-order valence-corrected chi connectivity index (χ2v) is 10.9. The van der Waals surface area contributed by atoms with E-state index in [1.54, 1.807) is 0 Å². The number of halogens is 3. The van der Waals surface area contributed by atoms with Crippen molar-refractivity contribution in [2.24, 2.45) is 17.8 Å². The first-order valence-corrected chi connectivity index (χ1v) is 12.5. The van der Waals surface area contributed by atoms with Crippen LogP contribution in [0.15, 0.2) is 12.3 Å². The quantitative estimate of drug-likeness (QED) is 0.639. The third-order valence-electron chi connectivity index (χ3n) is 8.58. The van der Waals surface area contributed by atoms with E-state index in [0.717, 1.165) is 64.4 Å². The first-order valence-electron chi connectivity index (χ1n) is 12.5. The minimum atomic E-state index is -2.58. The number of allylic oxidation sites excluding steroid dienone is 1. The van der Waals surface area contributed by atoms with Gasteiger partial charge in [-0.3, -0.25) is 20.4 Å². The molecule has 0 aromatic rings. The smallest absolute Gasteiger partial charge is 0.248 e. The lowest BCUT2D eigenvalue weighted by molar-refractivity contribution is -0.0677. The van der Waals surface area contributed by atoms with Crippen LogP contribution in [-0.4, -0.2) is 85.6 Å². The standard InChI is InChI=1S/C24H42F3N5/c1-16-12-17(13-30(16)3)14-31(4)22-21(25)23(29-15-28-22)32-11-5-6-20(32)18-7-9-19(10-8-18)24(2,26)27/h17-23,28-29H,1,5-15H2,2-4H3. The summed E-state index contributed by atoms with van der Waals surface area (Å²) >= 11 is 0. The maximum absolute atomic E-state index is 15.9. The predicted molar refractivity (Wildman–Crippen MR) is 122 cm³/mol. The van der Waals surface area contributed by atoms with Gasteiger partial charge in [-0.15, -0.1) is 0 Å². The van der Waals surface area contributed by atoms with E-state index in [4.69, 9.17) is 0 Å². The average molecular weight is 458 g/mol. The molecular weight excluding hydrogens is 415 g/mol. The average Bonchev–Trinajstić information content (AvgIpc) is 3.34. The molecule has 5 nitrogen and oxygen atoms in total. The summed E-state index contributed by atoms with van der Waals surface area (Å²) in [4.78, 5) is 6.66. The number of alkyl halides is 3. The Morgan fingerprint density at radius 2 is 1.88 bits per heavy atom. The van der Waals surface area contributed by atoms with Crippen LogP contribution in [0.1, 0.15) is 51.9 Å². The maximum Gasteiger partial charge on any atom is 0.248 e. The Bertz CT molecular complexity index is 648. The van der Waals surface area contributed by atoms with Gasteiger partial charge in [0.25, 0.3) is 0 Å². The van der Waals surface area contributed by atoms with Gasteiger partial charge in [0, 0.05) is 51.0 Å². The molecule has 3 saturated heterocycles. The molecule has 2 N–H and O–H groups in total. The number of nitrogens with zero attached hydrogens (tertiary/aromatic N) is 3. The van der Waals surface area contributed by atoms with E-state index >= 15 is 4.39 Å². The van der Waals surface area contributed by atoms with Crippen LogP contribution in [-0.2, 0) is 0 Å². The van der Waals surface area contributed by atoms with Crippen LogP contribution in [0.4, 0.5) is 13.2 Å². The van der Waals surface area contributed by atoms with Gasteiger partial charge in [0.15, 0.2) is 6.17 Å². The summed E-state index contributed by atoms with van der Waals surface area (Å²) < 4.78 is 43.4. The normalized spacial score (nSPS) is 39.9. The molecule has 0 amide bonds. The van der Waals surface area contributed by atoms with Crippen molar-refractivity contribution in [3.05, 3.63) is 12.3 Å². The maximum atomic E-state index is 15.9. The van der Waals surface area contributed by atoms with E-state index in [9.17, 15) is 8.78 Å². The van der Waals surface area contributed by atoms with Crippen LogP contribution >= 0.6 is 0 Å². The van der Waals surface area contributed by atoms with Crippen LogP contribution in [0.5, 0.6) is 0 Å². The molecule has 4 fully saturated rings.